The minimum Gasteiger partial charge on any atom is -0.325 e. The van der Waals surface area contributed by atoms with E-state index in [1.165, 1.54) is 12.5 Å². The Kier molecular flexibility index (Phi) is 4.07. The molecule has 0 bridgehead atoms. The van der Waals surface area contributed by atoms with Gasteiger partial charge in [-0.05, 0) is 60.3 Å². The van der Waals surface area contributed by atoms with Crippen molar-refractivity contribution < 1.29 is 4.39 Å². The molecule has 1 fully saturated rings. The van der Waals surface area contributed by atoms with Gasteiger partial charge in [0.1, 0.15) is 5.82 Å². The van der Waals surface area contributed by atoms with Crippen molar-refractivity contribution in [2.75, 3.05) is 0 Å². The van der Waals surface area contributed by atoms with Crippen LogP contribution >= 0.6 is 15.9 Å². The summed E-state index contributed by atoms with van der Waals surface area (Å²) in [4.78, 5) is 0. The monoisotopic (exact) mass is 341 g/mol. The van der Waals surface area contributed by atoms with E-state index in [0.717, 1.165) is 29.3 Å². The third-order valence-corrected chi connectivity index (χ3v) is 4.94. The summed E-state index contributed by atoms with van der Waals surface area (Å²) < 4.78 is 14.4. The van der Waals surface area contributed by atoms with Crippen molar-refractivity contribution >= 4 is 15.9 Å². The molecule has 0 aromatic heterocycles. The molecule has 0 radical (unpaired) electrons. The van der Waals surface area contributed by atoms with Gasteiger partial charge in [0.05, 0.1) is 0 Å². The molecule has 0 amide bonds. The Morgan fingerprint density at radius 1 is 1.10 bits per heavy atom. The molecule has 0 heterocycles. The second kappa shape index (κ2) is 5.10. The second-order valence-corrected chi connectivity index (χ2v) is 8.99. The van der Waals surface area contributed by atoms with E-state index in [1.54, 1.807) is 12.1 Å². The highest BCUT2D eigenvalue weighted by Crippen LogP contribution is 2.50. The van der Waals surface area contributed by atoms with Gasteiger partial charge in [-0.25, -0.2) is 4.39 Å². The Labute approximate surface area is 130 Å². The zero-order valence-electron chi connectivity index (χ0n) is 12.9. The highest BCUT2D eigenvalue weighted by Gasteiger charge is 2.45. The van der Waals surface area contributed by atoms with E-state index in [0.29, 0.717) is 0 Å². The molecule has 0 saturated heterocycles. The van der Waals surface area contributed by atoms with Crippen LogP contribution in [0.5, 0.6) is 0 Å². The molecule has 0 spiro atoms. The fourth-order valence-corrected chi connectivity index (χ4v) is 4.96. The van der Waals surface area contributed by atoms with Gasteiger partial charge in [0, 0.05) is 10.0 Å². The van der Waals surface area contributed by atoms with Crippen LogP contribution < -0.4 is 5.73 Å². The number of rotatable bonds is 2. The van der Waals surface area contributed by atoms with Gasteiger partial charge in [0.15, 0.2) is 0 Å². The van der Waals surface area contributed by atoms with Crippen LogP contribution in [0.25, 0.3) is 0 Å². The molecule has 2 N–H and O–H groups in total. The molecule has 0 aliphatic heterocycles. The first-order chi connectivity index (χ1) is 9.00. The number of hydrogen-bond donors (Lipinski definition) is 1. The fraction of sp³-hybridized carbons (Fsp3) is 0.647. The van der Waals surface area contributed by atoms with Gasteiger partial charge in [0.25, 0.3) is 0 Å². The first-order valence-electron chi connectivity index (χ1n) is 7.23. The summed E-state index contributed by atoms with van der Waals surface area (Å²) in [6.45, 7) is 9.15. The van der Waals surface area contributed by atoms with E-state index in [-0.39, 0.29) is 22.2 Å². The quantitative estimate of drug-likeness (QED) is 0.798. The number of nitrogens with two attached hydrogens (primary N) is 1. The van der Waals surface area contributed by atoms with Crippen molar-refractivity contribution in [3.63, 3.8) is 0 Å². The third-order valence-electron chi connectivity index (χ3n) is 4.17. The molecular formula is C17H25BrFN. The maximum Gasteiger partial charge on any atom is 0.123 e. The van der Waals surface area contributed by atoms with Crippen LogP contribution in [-0.4, -0.2) is 5.54 Å². The van der Waals surface area contributed by atoms with Crippen LogP contribution in [0.4, 0.5) is 4.39 Å². The van der Waals surface area contributed by atoms with Crippen molar-refractivity contribution in [2.45, 2.75) is 58.9 Å². The van der Waals surface area contributed by atoms with E-state index < -0.39 is 0 Å². The van der Waals surface area contributed by atoms with Crippen molar-refractivity contribution in [2.24, 2.45) is 16.6 Å². The van der Waals surface area contributed by atoms with E-state index in [9.17, 15) is 4.39 Å². The lowest BCUT2D eigenvalue weighted by Gasteiger charge is -2.50. The molecule has 3 heteroatoms. The van der Waals surface area contributed by atoms with Gasteiger partial charge >= 0.3 is 0 Å². The molecule has 1 aromatic carbocycles. The molecule has 1 saturated carbocycles. The topological polar surface area (TPSA) is 26.0 Å². The van der Waals surface area contributed by atoms with Crippen LogP contribution in [0.15, 0.2) is 22.7 Å². The maximum absolute atomic E-state index is 13.5. The third kappa shape index (κ3) is 3.82. The van der Waals surface area contributed by atoms with Gasteiger partial charge < -0.3 is 5.73 Å². The molecule has 112 valence electrons. The molecule has 0 unspecified atom stereocenters. The van der Waals surface area contributed by atoms with Gasteiger partial charge in [-0.3, -0.25) is 0 Å². The summed E-state index contributed by atoms with van der Waals surface area (Å²) in [5.41, 5.74) is 7.89. The molecule has 1 aliphatic rings. The smallest absolute Gasteiger partial charge is 0.123 e. The van der Waals surface area contributed by atoms with Crippen LogP contribution in [0.1, 0.15) is 52.5 Å². The van der Waals surface area contributed by atoms with Crippen molar-refractivity contribution in [3.05, 3.63) is 34.1 Å². The lowest BCUT2D eigenvalue weighted by atomic mass is 9.57. The van der Waals surface area contributed by atoms with E-state index in [1.807, 2.05) is 0 Å². The van der Waals surface area contributed by atoms with E-state index in [2.05, 4.69) is 43.6 Å². The largest absolute Gasteiger partial charge is 0.325 e. The van der Waals surface area contributed by atoms with Gasteiger partial charge in [0.2, 0.25) is 0 Å². The lowest BCUT2D eigenvalue weighted by Crippen LogP contribution is -2.53. The zero-order chi connectivity index (χ0) is 15.2. The molecular weight excluding hydrogens is 317 g/mol. The second-order valence-electron chi connectivity index (χ2n) is 8.13. The maximum atomic E-state index is 13.5. The SMILES string of the molecule is CC1(C)CC(C)(C)CC(N)(Cc2cc(F)ccc2Br)C1. The summed E-state index contributed by atoms with van der Waals surface area (Å²) in [6.07, 6.45) is 3.86. The Bertz CT molecular complexity index is 492. The summed E-state index contributed by atoms with van der Waals surface area (Å²) in [7, 11) is 0. The lowest BCUT2D eigenvalue weighted by molar-refractivity contribution is 0.0486. The van der Waals surface area contributed by atoms with Gasteiger partial charge in [-0.15, -0.1) is 0 Å². The van der Waals surface area contributed by atoms with Crippen molar-refractivity contribution in [1.29, 1.82) is 0 Å². The zero-order valence-corrected chi connectivity index (χ0v) is 14.5. The average molecular weight is 342 g/mol. The summed E-state index contributed by atoms with van der Waals surface area (Å²) in [5, 5.41) is 0. The normalized spacial score (nSPS) is 23.6. The van der Waals surface area contributed by atoms with E-state index >= 15 is 0 Å². The molecule has 20 heavy (non-hydrogen) atoms. The van der Waals surface area contributed by atoms with Crippen LogP contribution in [0, 0.1) is 16.6 Å². The van der Waals surface area contributed by atoms with Crippen molar-refractivity contribution in [3.8, 4) is 0 Å². The summed E-state index contributed by atoms with van der Waals surface area (Å²) in [6, 6.07) is 4.85. The average Bonchev–Trinajstić information content (AvgIpc) is 2.17. The Morgan fingerprint density at radius 3 is 2.20 bits per heavy atom. The Hall–Kier alpha value is -0.410. The number of hydrogen-bond acceptors (Lipinski definition) is 1. The molecule has 0 atom stereocenters. The first-order valence-corrected chi connectivity index (χ1v) is 8.03. The van der Waals surface area contributed by atoms with Crippen LogP contribution in [-0.2, 0) is 6.42 Å². The molecule has 1 aromatic rings. The highest BCUT2D eigenvalue weighted by atomic mass is 79.9. The first kappa shape index (κ1) is 16.0. The molecule has 2 rings (SSSR count). The number of benzene rings is 1. The van der Waals surface area contributed by atoms with E-state index in [4.69, 9.17) is 5.73 Å². The highest BCUT2D eigenvalue weighted by molar-refractivity contribution is 9.10. The van der Waals surface area contributed by atoms with Crippen molar-refractivity contribution in [1.82, 2.24) is 0 Å². The standard InChI is InChI=1S/C17H25BrFN/c1-15(2)9-16(3,4)11-17(20,10-15)8-12-7-13(19)5-6-14(12)18/h5-7H,8-11,20H2,1-4H3. The van der Waals surface area contributed by atoms with Crippen LogP contribution in [0.3, 0.4) is 0 Å². The summed E-state index contributed by atoms with van der Waals surface area (Å²) in [5.74, 6) is -0.193. The number of halogens is 2. The minimum absolute atomic E-state index is 0.193. The summed E-state index contributed by atoms with van der Waals surface area (Å²) >= 11 is 3.52. The predicted octanol–water partition coefficient (Wildman–Crippen LogP) is 5.06. The molecule has 1 aliphatic carbocycles. The molecule has 1 nitrogen and oxygen atoms in total. The Morgan fingerprint density at radius 2 is 1.65 bits per heavy atom. The Balaban J connectivity index is 2.28. The fourth-order valence-electron chi connectivity index (χ4n) is 4.57. The van der Waals surface area contributed by atoms with Gasteiger partial charge in [-0.2, -0.15) is 0 Å². The van der Waals surface area contributed by atoms with Gasteiger partial charge in [-0.1, -0.05) is 43.6 Å². The predicted molar refractivity (Wildman–Crippen MR) is 86.1 cm³/mol. The van der Waals surface area contributed by atoms with Crippen LogP contribution in [0.2, 0.25) is 0 Å². The minimum atomic E-state index is -0.262.